The average Bonchev–Trinajstić information content (AvgIpc) is 3.46. The van der Waals surface area contributed by atoms with E-state index in [0.29, 0.717) is 25.6 Å². The highest BCUT2D eigenvalue weighted by molar-refractivity contribution is 6.74. The molecule has 0 bridgehead atoms. The molecule has 3 aromatic rings. The van der Waals surface area contributed by atoms with Gasteiger partial charge in [-0.25, -0.2) is 4.79 Å². The van der Waals surface area contributed by atoms with E-state index in [9.17, 15) is 4.79 Å². The van der Waals surface area contributed by atoms with Crippen LogP contribution in [0.3, 0.4) is 0 Å². The van der Waals surface area contributed by atoms with E-state index in [-0.39, 0.29) is 5.04 Å². The standard InChI is InChI=1S/C26H36N2O5Si/c1-26(2,3)34(4,5)32-17-21-19(23-7-6-16-31-23)9-10-20-22(27-33-24(20)21)11-8-18-12-14-28(15-13-18)25(29)30/h6-7,9-10,16,18H,8,11-15,17H2,1-5H3,(H,29,30). The van der Waals surface area contributed by atoms with Crippen LogP contribution in [-0.2, 0) is 17.5 Å². The molecule has 2 aromatic heterocycles. The Labute approximate surface area is 202 Å². The molecule has 0 atom stereocenters. The summed E-state index contributed by atoms with van der Waals surface area (Å²) in [5, 5.41) is 14.7. The second kappa shape index (κ2) is 9.58. The highest BCUT2D eigenvalue weighted by atomic mass is 28.4. The molecule has 0 unspecified atom stereocenters. The third-order valence-electron chi connectivity index (χ3n) is 7.66. The van der Waals surface area contributed by atoms with Gasteiger partial charge in [-0.1, -0.05) is 25.9 Å². The molecule has 1 N–H and O–H groups in total. The molecule has 1 aliphatic rings. The zero-order chi connectivity index (χ0) is 24.5. The van der Waals surface area contributed by atoms with Gasteiger partial charge in [0.1, 0.15) is 5.76 Å². The minimum absolute atomic E-state index is 0.106. The van der Waals surface area contributed by atoms with Gasteiger partial charge in [-0.15, -0.1) is 0 Å². The van der Waals surface area contributed by atoms with E-state index in [4.69, 9.17) is 18.5 Å². The van der Waals surface area contributed by atoms with E-state index >= 15 is 0 Å². The van der Waals surface area contributed by atoms with Crippen LogP contribution in [0.5, 0.6) is 0 Å². The molecule has 8 heteroatoms. The zero-order valence-electron chi connectivity index (χ0n) is 20.9. The first-order valence-electron chi connectivity index (χ1n) is 12.1. The highest BCUT2D eigenvalue weighted by Gasteiger charge is 2.37. The summed E-state index contributed by atoms with van der Waals surface area (Å²) in [7, 11) is -1.97. The van der Waals surface area contributed by atoms with Gasteiger partial charge in [-0.3, -0.25) is 0 Å². The maximum atomic E-state index is 11.2. The molecule has 7 nitrogen and oxygen atoms in total. The Morgan fingerprint density at radius 2 is 1.97 bits per heavy atom. The summed E-state index contributed by atoms with van der Waals surface area (Å²) in [4.78, 5) is 12.7. The van der Waals surface area contributed by atoms with Crippen LogP contribution >= 0.6 is 0 Å². The van der Waals surface area contributed by atoms with E-state index < -0.39 is 14.4 Å². The van der Waals surface area contributed by atoms with Crippen LogP contribution in [-0.4, -0.2) is 42.7 Å². The number of nitrogens with zero attached hydrogens (tertiary/aromatic N) is 2. The fourth-order valence-corrected chi connectivity index (χ4v) is 5.26. The van der Waals surface area contributed by atoms with Gasteiger partial charge in [-0.2, -0.15) is 0 Å². The van der Waals surface area contributed by atoms with Crippen LogP contribution in [0, 0.1) is 5.92 Å². The Balaban J connectivity index is 1.56. The second-order valence-corrected chi connectivity index (χ2v) is 15.7. The van der Waals surface area contributed by atoms with Crippen LogP contribution in [0.25, 0.3) is 22.3 Å². The monoisotopic (exact) mass is 484 g/mol. The molecule has 34 heavy (non-hydrogen) atoms. The largest absolute Gasteiger partial charge is 0.465 e. The van der Waals surface area contributed by atoms with Gasteiger partial charge >= 0.3 is 6.09 Å². The number of piperidine rings is 1. The summed E-state index contributed by atoms with van der Waals surface area (Å²) < 4.78 is 18.2. The topological polar surface area (TPSA) is 88.9 Å². The van der Waals surface area contributed by atoms with Crippen molar-refractivity contribution in [2.45, 2.75) is 71.2 Å². The number of benzene rings is 1. The Hall–Kier alpha value is -2.58. The molecular weight excluding hydrogens is 448 g/mol. The molecule has 0 spiro atoms. The number of hydrogen-bond donors (Lipinski definition) is 1. The van der Waals surface area contributed by atoms with Crippen molar-refractivity contribution in [2.24, 2.45) is 5.92 Å². The van der Waals surface area contributed by atoms with Crippen molar-refractivity contribution in [3.8, 4) is 11.3 Å². The van der Waals surface area contributed by atoms with E-state index in [0.717, 1.165) is 59.2 Å². The minimum atomic E-state index is -1.97. The molecule has 0 aliphatic carbocycles. The van der Waals surface area contributed by atoms with E-state index in [1.54, 1.807) is 6.26 Å². The van der Waals surface area contributed by atoms with Gasteiger partial charge in [0.15, 0.2) is 13.9 Å². The number of aryl methyl sites for hydroxylation is 1. The van der Waals surface area contributed by atoms with Gasteiger partial charge < -0.3 is 23.4 Å². The Morgan fingerprint density at radius 1 is 1.24 bits per heavy atom. The summed E-state index contributed by atoms with van der Waals surface area (Å²) in [6, 6.07) is 8.00. The van der Waals surface area contributed by atoms with Gasteiger partial charge in [0, 0.05) is 29.6 Å². The number of rotatable bonds is 7. The number of aromatic nitrogens is 1. The normalized spacial score (nSPS) is 15.9. The first-order valence-corrected chi connectivity index (χ1v) is 15.0. The summed E-state index contributed by atoms with van der Waals surface area (Å²) in [6.45, 7) is 12.9. The van der Waals surface area contributed by atoms with Crippen LogP contribution < -0.4 is 0 Å². The van der Waals surface area contributed by atoms with Gasteiger partial charge in [-0.05, 0) is 74.0 Å². The number of furan rings is 1. The number of hydrogen-bond acceptors (Lipinski definition) is 5. The summed E-state index contributed by atoms with van der Waals surface area (Å²) in [5.74, 6) is 1.30. The lowest BCUT2D eigenvalue weighted by molar-refractivity contribution is 0.123. The Kier molecular flexibility index (Phi) is 6.91. The first kappa shape index (κ1) is 24.5. The van der Waals surface area contributed by atoms with Gasteiger partial charge in [0.25, 0.3) is 0 Å². The third kappa shape index (κ3) is 5.07. The van der Waals surface area contributed by atoms with Crippen molar-refractivity contribution in [1.29, 1.82) is 0 Å². The average molecular weight is 485 g/mol. The number of fused-ring (bicyclic) bond motifs is 1. The van der Waals surface area contributed by atoms with Crippen molar-refractivity contribution in [2.75, 3.05) is 13.1 Å². The van der Waals surface area contributed by atoms with Crippen molar-refractivity contribution >= 4 is 25.4 Å². The van der Waals surface area contributed by atoms with E-state index in [1.165, 1.54) is 4.90 Å². The lowest BCUT2D eigenvalue weighted by Crippen LogP contribution is -2.40. The summed E-state index contributed by atoms with van der Waals surface area (Å²) in [6.07, 6.45) is 4.45. The van der Waals surface area contributed by atoms with E-state index in [2.05, 4.69) is 51.2 Å². The van der Waals surface area contributed by atoms with Crippen LogP contribution in [0.1, 0.15) is 51.3 Å². The van der Waals surface area contributed by atoms with Crippen molar-refractivity contribution in [3.05, 3.63) is 41.8 Å². The molecule has 184 valence electrons. The molecule has 1 aromatic carbocycles. The van der Waals surface area contributed by atoms with Crippen molar-refractivity contribution in [1.82, 2.24) is 10.1 Å². The molecule has 1 aliphatic heterocycles. The predicted octanol–water partition coefficient (Wildman–Crippen LogP) is 6.93. The number of amides is 1. The SMILES string of the molecule is CC(C)(C)[Si](C)(C)OCc1c(-c2ccco2)ccc2c(CCC3CCN(C(=O)O)CC3)noc12. The van der Waals surface area contributed by atoms with Crippen LogP contribution in [0.15, 0.2) is 39.5 Å². The Bertz CT molecular complexity index is 1120. The smallest absolute Gasteiger partial charge is 0.407 e. The number of carboxylic acid groups (broad SMARTS) is 1. The molecule has 1 amide bonds. The molecule has 4 rings (SSSR count). The van der Waals surface area contributed by atoms with Crippen LogP contribution in [0.4, 0.5) is 4.79 Å². The summed E-state index contributed by atoms with van der Waals surface area (Å²) >= 11 is 0. The molecule has 3 heterocycles. The molecule has 0 radical (unpaired) electrons. The number of carbonyl (C=O) groups is 1. The molecule has 1 fully saturated rings. The molecule has 0 saturated carbocycles. The summed E-state index contributed by atoms with van der Waals surface area (Å²) in [5.41, 5.74) is 3.67. The maximum Gasteiger partial charge on any atom is 0.407 e. The fourth-order valence-electron chi connectivity index (χ4n) is 4.32. The maximum absolute atomic E-state index is 11.2. The predicted molar refractivity (Wildman–Crippen MR) is 134 cm³/mol. The van der Waals surface area contributed by atoms with Gasteiger partial charge in [0.05, 0.1) is 18.6 Å². The Morgan fingerprint density at radius 3 is 2.59 bits per heavy atom. The highest BCUT2D eigenvalue weighted by Crippen LogP contribution is 2.39. The van der Waals surface area contributed by atoms with Gasteiger partial charge in [0.2, 0.25) is 0 Å². The fraction of sp³-hybridized carbons (Fsp3) is 0.538. The zero-order valence-corrected chi connectivity index (χ0v) is 21.9. The molecular formula is C26H36N2O5Si. The quantitative estimate of drug-likeness (QED) is 0.366. The molecule has 1 saturated heterocycles. The lowest BCUT2D eigenvalue weighted by Gasteiger charge is -2.36. The number of likely N-dealkylation sites (tertiary alicyclic amines) is 1. The van der Waals surface area contributed by atoms with Crippen molar-refractivity contribution in [3.63, 3.8) is 0 Å². The minimum Gasteiger partial charge on any atom is -0.465 e. The van der Waals surface area contributed by atoms with Crippen molar-refractivity contribution < 1.29 is 23.3 Å². The van der Waals surface area contributed by atoms with Crippen LogP contribution in [0.2, 0.25) is 18.1 Å². The van der Waals surface area contributed by atoms with E-state index in [1.807, 2.05) is 12.1 Å². The second-order valence-electron chi connectivity index (χ2n) is 10.9. The third-order valence-corrected chi connectivity index (χ3v) is 12.1. The lowest BCUT2D eigenvalue weighted by atomic mass is 9.91. The first-order chi connectivity index (χ1) is 16.1.